The summed E-state index contributed by atoms with van der Waals surface area (Å²) < 4.78 is 46.6. The van der Waals surface area contributed by atoms with Gasteiger partial charge in [-0.2, -0.15) is 13.2 Å². The standard InChI is InChI=1S/C25H25F3N2O/c26-25(27,28)23-15-19(14-21(16-23)20-6-10-29-11-7-20)17-31-18-24(8-12-30-13-9-24)22-4-2-1-3-5-22/h1-7,10-11,14-16,30H,8-9,12-13,17-18H2. The van der Waals surface area contributed by atoms with E-state index in [0.717, 1.165) is 25.9 Å². The molecule has 0 radical (unpaired) electrons. The highest BCUT2D eigenvalue weighted by Crippen LogP contribution is 2.36. The van der Waals surface area contributed by atoms with E-state index in [1.54, 1.807) is 30.6 Å². The normalized spacial score (nSPS) is 16.2. The van der Waals surface area contributed by atoms with Crippen molar-refractivity contribution in [2.45, 2.75) is 31.0 Å². The summed E-state index contributed by atoms with van der Waals surface area (Å²) >= 11 is 0. The van der Waals surface area contributed by atoms with Crippen LogP contribution in [0.2, 0.25) is 0 Å². The molecule has 3 nitrogen and oxygen atoms in total. The molecule has 1 saturated heterocycles. The Bertz CT molecular complexity index is 985. The minimum Gasteiger partial charge on any atom is -0.376 e. The lowest BCUT2D eigenvalue weighted by molar-refractivity contribution is -0.137. The van der Waals surface area contributed by atoms with Gasteiger partial charge in [-0.3, -0.25) is 4.98 Å². The highest BCUT2D eigenvalue weighted by molar-refractivity contribution is 5.64. The van der Waals surface area contributed by atoms with E-state index in [-0.39, 0.29) is 12.0 Å². The zero-order chi connectivity index (χ0) is 21.7. The highest BCUT2D eigenvalue weighted by atomic mass is 19.4. The average Bonchev–Trinajstić information content (AvgIpc) is 2.80. The van der Waals surface area contributed by atoms with Crippen LogP contribution in [-0.2, 0) is 22.9 Å². The number of nitrogens with zero attached hydrogens (tertiary/aromatic N) is 1. The molecule has 1 aromatic heterocycles. The van der Waals surface area contributed by atoms with Crippen molar-refractivity contribution < 1.29 is 17.9 Å². The van der Waals surface area contributed by atoms with Gasteiger partial charge in [0.05, 0.1) is 18.8 Å². The number of hydrogen-bond donors (Lipinski definition) is 1. The molecule has 31 heavy (non-hydrogen) atoms. The monoisotopic (exact) mass is 426 g/mol. The minimum absolute atomic E-state index is 0.123. The molecule has 162 valence electrons. The summed E-state index contributed by atoms with van der Waals surface area (Å²) in [4.78, 5) is 3.95. The molecule has 0 unspecified atom stereocenters. The molecule has 2 aromatic carbocycles. The van der Waals surface area contributed by atoms with Crippen molar-refractivity contribution in [3.05, 3.63) is 89.7 Å². The molecule has 3 aromatic rings. The van der Waals surface area contributed by atoms with Gasteiger partial charge in [-0.25, -0.2) is 0 Å². The Balaban J connectivity index is 1.56. The lowest BCUT2D eigenvalue weighted by Gasteiger charge is -2.38. The quantitative estimate of drug-likeness (QED) is 0.557. The summed E-state index contributed by atoms with van der Waals surface area (Å²) in [6, 6.07) is 17.8. The van der Waals surface area contributed by atoms with Gasteiger partial charge < -0.3 is 10.1 Å². The van der Waals surface area contributed by atoms with Crippen LogP contribution >= 0.6 is 0 Å². The van der Waals surface area contributed by atoms with Crippen LogP contribution in [0.1, 0.15) is 29.5 Å². The molecule has 0 spiro atoms. The number of rotatable bonds is 6. The Morgan fingerprint density at radius 2 is 1.61 bits per heavy atom. The van der Waals surface area contributed by atoms with Crippen molar-refractivity contribution in [2.24, 2.45) is 0 Å². The summed E-state index contributed by atoms with van der Waals surface area (Å²) in [5, 5.41) is 3.38. The Labute approximate surface area is 180 Å². The summed E-state index contributed by atoms with van der Waals surface area (Å²) in [5.74, 6) is 0. The first kappa shape index (κ1) is 21.5. The van der Waals surface area contributed by atoms with Gasteiger partial charge in [0, 0.05) is 17.8 Å². The van der Waals surface area contributed by atoms with E-state index < -0.39 is 11.7 Å². The fraction of sp³-hybridized carbons (Fsp3) is 0.320. The minimum atomic E-state index is -4.42. The summed E-state index contributed by atoms with van der Waals surface area (Å²) in [5.41, 5.74) is 2.15. The van der Waals surface area contributed by atoms with Gasteiger partial charge in [-0.15, -0.1) is 0 Å². The van der Waals surface area contributed by atoms with Gasteiger partial charge in [0.15, 0.2) is 0 Å². The smallest absolute Gasteiger partial charge is 0.376 e. The Kier molecular flexibility index (Phi) is 6.39. The van der Waals surface area contributed by atoms with Gasteiger partial charge in [-0.1, -0.05) is 30.3 Å². The Morgan fingerprint density at radius 3 is 2.29 bits per heavy atom. The SMILES string of the molecule is FC(F)(F)c1cc(COCC2(c3ccccc3)CCNCC2)cc(-c2ccncc2)c1. The number of alkyl halides is 3. The number of nitrogens with one attached hydrogen (secondary N) is 1. The fourth-order valence-electron chi connectivity index (χ4n) is 4.23. The molecule has 0 bridgehead atoms. The molecule has 1 N–H and O–H groups in total. The molecule has 4 rings (SSSR count). The van der Waals surface area contributed by atoms with Crippen molar-refractivity contribution in [1.82, 2.24) is 10.3 Å². The van der Waals surface area contributed by atoms with Gasteiger partial charge in [0.1, 0.15) is 0 Å². The number of benzene rings is 2. The maximum atomic E-state index is 13.5. The zero-order valence-electron chi connectivity index (χ0n) is 17.2. The molecule has 6 heteroatoms. The van der Waals surface area contributed by atoms with E-state index in [1.807, 2.05) is 18.2 Å². The van der Waals surface area contributed by atoms with E-state index in [4.69, 9.17) is 4.74 Å². The first-order chi connectivity index (χ1) is 15.0. The molecule has 0 saturated carbocycles. The predicted octanol–water partition coefficient (Wildman–Crippen LogP) is 5.61. The van der Waals surface area contributed by atoms with Crippen molar-refractivity contribution >= 4 is 0 Å². The van der Waals surface area contributed by atoms with Gasteiger partial charge in [-0.05, 0) is 78.5 Å². The van der Waals surface area contributed by atoms with E-state index in [1.165, 1.54) is 17.7 Å². The lowest BCUT2D eigenvalue weighted by atomic mass is 9.74. The van der Waals surface area contributed by atoms with E-state index in [0.29, 0.717) is 23.3 Å². The molecule has 1 aliphatic heterocycles. The van der Waals surface area contributed by atoms with Crippen LogP contribution in [0.3, 0.4) is 0 Å². The first-order valence-corrected chi connectivity index (χ1v) is 10.4. The number of halogens is 3. The first-order valence-electron chi connectivity index (χ1n) is 10.4. The average molecular weight is 426 g/mol. The van der Waals surface area contributed by atoms with Gasteiger partial charge in [0.2, 0.25) is 0 Å². The third-order valence-electron chi connectivity index (χ3n) is 5.93. The number of aromatic nitrogens is 1. The Hall–Kier alpha value is -2.70. The van der Waals surface area contributed by atoms with Crippen LogP contribution in [-0.4, -0.2) is 24.7 Å². The van der Waals surface area contributed by atoms with E-state index >= 15 is 0 Å². The number of ether oxygens (including phenoxy) is 1. The fourth-order valence-corrected chi connectivity index (χ4v) is 4.23. The summed E-state index contributed by atoms with van der Waals surface area (Å²) in [7, 11) is 0. The molecule has 2 heterocycles. The Morgan fingerprint density at radius 1 is 0.903 bits per heavy atom. The second-order valence-electron chi connectivity index (χ2n) is 8.04. The largest absolute Gasteiger partial charge is 0.416 e. The van der Waals surface area contributed by atoms with Gasteiger partial charge >= 0.3 is 6.18 Å². The molecule has 1 aliphatic rings. The second kappa shape index (κ2) is 9.20. The van der Waals surface area contributed by atoms with Crippen molar-refractivity contribution in [3.8, 4) is 11.1 Å². The summed E-state index contributed by atoms with van der Waals surface area (Å²) in [6.45, 7) is 2.39. The number of hydrogen-bond acceptors (Lipinski definition) is 3. The molecule has 1 fully saturated rings. The number of pyridine rings is 1. The van der Waals surface area contributed by atoms with Crippen LogP contribution in [0.25, 0.3) is 11.1 Å². The van der Waals surface area contributed by atoms with Crippen molar-refractivity contribution in [2.75, 3.05) is 19.7 Å². The molecule has 0 aliphatic carbocycles. The molecular formula is C25H25F3N2O. The van der Waals surface area contributed by atoms with Crippen LogP contribution in [0.4, 0.5) is 13.2 Å². The maximum absolute atomic E-state index is 13.5. The third kappa shape index (κ3) is 5.14. The van der Waals surface area contributed by atoms with E-state index in [2.05, 4.69) is 22.4 Å². The topological polar surface area (TPSA) is 34.1 Å². The van der Waals surface area contributed by atoms with Crippen molar-refractivity contribution in [1.29, 1.82) is 0 Å². The molecule has 0 amide bonds. The highest BCUT2D eigenvalue weighted by Gasteiger charge is 2.34. The summed E-state index contributed by atoms with van der Waals surface area (Å²) in [6.07, 6.45) is 0.598. The predicted molar refractivity (Wildman–Crippen MR) is 115 cm³/mol. The molecule has 0 atom stereocenters. The second-order valence-corrected chi connectivity index (χ2v) is 8.04. The van der Waals surface area contributed by atoms with Crippen molar-refractivity contribution in [3.63, 3.8) is 0 Å². The van der Waals surface area contributed by atoms with Crippen LogP contribution in [0.5, 0.6) is 0 Å². The lowest BCUT2D eigenvalue weighted by Crippen LogP contribution is -2.43. The zero-order valence-corrected chi connectivity index (χ0v) is 17.2. The van der Waals surface area contributed by atoms with Crippen LogP contribution in [0, 0.1) is 0 Å². The van der Waals surface area contributed by atoms with E-state index in [9.17, 15) is 13.2 Å². The van der Waals surface area contributed by atoms with Crippen LogP contribution < -0.4 is 5.32 Å². The maximum Gasteiger partial charge on any atom is 0.416 e. The third-order valence-corrected chi connectivity index (χ3v) is 5.93. The van der Waals surface area contributed by atoms with Gasteiger partial charge in [0.25, 0.3) is 0 Å². The number of piperidine rings is 1. The van der Waals surface area contributed by atoms with Crippen LogP contribution in [0.15, 0.2) is 73.1 Å². The molecular weight excluding hydrogens is 401 g/mol.